The van der Waals surface area contributed by atoms with Crippen LogP contribution >= 0.6 is 11.3 Å². The van der Waals surface area contributed by atoms with Gasteiger partial charge >= 0.3 is 12.1 Å². The number of anilines is 1. The van der Waals surface area contributed by atoms with Crippen molar-refractivity contribution in [1.29, 1.82) is 0 Å². The summed E-state index contributed by atoms with van der Waals surface area (Å²) in [6, 6.07) is 12.6. The number of aromatic nitrogens is 1. The van der Waals surface area contributed by atoms with Crippen molar-refractivity contribution in [2.75, 3.05) is 39.0 Å². The molecule has 1 aliphatic heterocycles. The maximum Gasteiger partial charge on any atom is 0.490 e. The van der Waals surface area contributed by atoms with Gasteiger partial charge in [-0.05, 0) is 30.3 Å². The molecule has 2 amide bonds. The Morgan fingerprint density at radius 3 is 2.17 bits per heavy atom. The van der Waals surface area contributed by atoms with Gasteiger partial charge in [0.05, 0.1) is 22.9 Å². The first-order valence-corrected chi connectivity index (χ1v) is 11.0. The number of nitrogens with zero attached hydrogens (tertiary/aromatic N) is 3. The topological polar surface area (TPSA) is 126 Å². The number of rotatable bonds is 3. The standard InChI is InChI=1S/C20H20N4O3S.C2HF3O2/c1-27-16-5-3-2-4-14(16)19(26)24-10-8-23(9-11-24)18(25)13-6-7-17-15(12-13)22-20(21)28-17;3-2(4,5)1(6)7/h2-7,12H,8-11H2,1H3,(H2,21,22);(H,6,7). The lowest BCUT2D eigenvalue weighted by Gasteiger charge is -2.35. The molecule has 186 valence electrons. The Morgan fingerprint density at radius 1 is 1.03 bits per heavy atom. The minimum atomic E-state index is -5.08. The number of nitrogen functional groups attached to an aromatic ring is 1. The molecule has 9 nitrogen and oxygen atoms in total. The largest absolute Gasteiger partial charge is 0.496 e. The van der Waals surface area contributed by atoms with E-state index in [1.807, 2.05) is 18.2 Å². The molecule has 4 rings (SSSR count). The number of hydrogen-bond acceptors (Lipinski definition) is 7. The molecule has 0 aliphatic carbocycles. The fraction of sp³-hybridized carbons (Fsp3) is 0.273. The number of ether oxygens (including phenoxy) is 1. The van der Waals surface area contributed by atoms with Crippen LogP contribution in [0, 0.1) is 0 Å². The quantitative estimate of drug-likeness (QED) is 0.555. The molecular weight excluding hydrogens is 489 g/mol. The predicted octanol–water partition coefficient (Wildman–Crippen LogP) is 3.12. The lowest BCUT2D eigenvalue weighted by atomic mass is 10.1. The van der Waals surface area contributed by atoms with Crippen LogP contribution < -0.4 is 10.5 Å². The highest BCUT2D eigenvalue weighted by Gasteiger charge is 2.38. The smallest absolute Gasteiger partial charge is 0.490 e. The monoisotopic (exact) mass is 510 g/mol. The lowest BCUT2D eigenvalue weighted by molar-refractivity contribution is -0.192. The molecule has 0 saturated carbocycles. The van der Waals surface area contributed by atoms with Crippen LogP contribution in [-0.2, 0) is 4.79 Å². The van der Waals surface area contributed by atoms with E-state index < -0.39 is 12.1 Å². The summed E-state index contributed by atoms with van der Waals surface area (Å²) in [5.41, 5.74) is 7.60. The minimum Gasteiger partial charge on any atom is -0.496 e. The molecule has 0 spiro atoms. The number of carbonyl (C=O) groups excluding carboxylic acids is 2. The summed E-state index contributed by atoms with van der Waals surface area (Å²) in [5, 5.41) is 7.61. The Kier molecular flexibility index (Phi) is 7.79. The first-order valence-electron chi connectivity index (χ1n) is 10.2. The third-order valence-corrected chi connectivity index (χ3v) is 5.95. The van der Waals surface area contributed by atoms with Crippen LogP contribution in [0.25, 0.3) is 10.2 Å². The number of para-hydroxylation sites is 1. The number of carboxylic acid groups (broad SMARTS) is 1. The molecule has 3 N–H and O–H groups in total. The van der Waals surface area contributed by atoms with Gasteiger partial charge in [0, 0.05) is 31.7 Å². The summed E-state index contributed by atoms with van der Waals surface area (Å²) < 4.78 is 38.0. The van der Waals surface area contributed by atoms with Crippen molar-refractivity contribution in [3.63, 3.8) is 0 Å². The van der Waals surface area contributed by atoms with E-state index in [1.165, 1.54) is 11.3 Å². The number of halogens is 3. The first-order chi connectivity index (χ1) is 16.5. The second kappa shape index (κ2) is 10.6. The molecule has 13 heteroatoms. The Morgan fingerprint density at radius 2 is 1.60 bits per heavy atom. The molecule has 1 saturated heterocycles. The van der Waals surface area contributed by atoms with E-state index in [9.17, 15) is 22.8 Å². The van der Waals surface area contributed by atoms with Gasteiger partial charge in [-0.15, -0.1) is 0 Å². The van der Waals surface area contributed by atoms with Gasteiger partial charge in [-0.3, -0.25) is 9.59 Å². The molecule has 0 unspecified atom stereocenters. The number of piperazine rings is 1. The number of carboxylic acids is 1. The third kappa shape index (κ3) is 6.18. The number of fused-ring (bicyclic) bond motifs is 1. The van der Waals surface area contributed by atoms with Gasteiger partial charge in [0.2, 0.25) is 0 Å². The predicted molar refractivity (Wildman–Crippen MR) is 123 cm³/mol. The zero-order valence-electron chi connectivity index (χ0n) is 18.4. The van der Waals surface area contributed by atoms with Crippen LogP contribution in [0.2, 0.25) is 0 Å². The molecule has 0 atom stereocenters. The Bertz CT molecular complexity index is 1240. The van der Waals surface area contributed by atoms with E-state index in [0.717, 1.165) is 10.2 Å². The summed E-state index contributed by atoms with van der Waals surface area (Å²) >= 11 is 1.40. The van der Waals surface area contributed by atoms with Crippen molar-refractivity contribution in [1.82, 2.24) is 14.8 Å². The number of hydrogen-bond donors (Lipinski definition) is 2. The number of amides is 2. The van der Waals surface area contributed by atoms with Crippen LogP contribution in [-0.4, -0.2) is 77.1 Å². The Hall–Kier alpha value is -3.87. The normalized spacial score (nSPS) is 13.7. The van der Waals surface area contributed by atoms with Gasteiger partial charge in [-0.1, -0.05) is 23.5 Å². The number of alkyl halides is 3. The minimum absolute atomic E-state index is 0.0575. The molecule has 35 heavy (non-hydrogen) atoms. The zero-order valence-corrected chi connectivity index (χ0v) is 19.2. The van der Waals surface area contributed by atoms with Crippen molar-refractivity contribution < 1.29 is 37.4 Å². The Balaban J connectivity index is 0.000000429. The highest BCUT2D eigenvalue weighted by Crippen LogP contribution is 2.25. The second-order valence-corrected chi connectivity index (χ2v) is 8.38. The van der Waals surface area contributed by atoms with E-state index in [-0.39, 0.29) is 11.8 Å². The van der Waals surface area contributed by atoms with E-state index >= 15 is 0 Å². The highest BCUT2D eigenvalue weighted by molar-refractivity contribution is 7.22. The van der Waals surface area contributed by atoms with Crippen LogP contribution in [0.1, 0.15) is 20.7 Å². The van der Waals surface area contributed by atoms with Crippen molar-refractivity contribution in [3.8, 4) is 5.75 Å². The summed E-state index contributed by atoms with van der Waals surface area (Å²) in [4.78, 5) is 42.3. The SMILES string of the molecule is COc1ccccc1C(=O)N1CCN(C(=O)c2ccc3sc(N)nc3c2)CC1.O=C(O)C(F)(F)F. The molecule has 0 bridgehead atoms. The number of carbonyl (C=O) groups is 3. The molecule has 3 aromatic rings. The van der Waals surface area contributed by atoms with Crippen molar-refractivity contribution in [3.05, 3.63) is 53.6 Å². The average molecular weight is 510 g/mol. The zero-order chi connectivity index (χ0) is 25.8. The number of nitrogens with two attached hydrogens (primary N) is 1. The highest BCUT2D eigenvalue weighted by atomic mass is 32.1. The van der Waals surface area contributed by atoms with E-state index in [4.69, 9.17) is 20.4 Å². The van der Waals surface area contributed by atoms with Gasteiger partial charge in [-0.25, -0.2) is 9.78 Å². The first kappa shape index (κ1) is 25.7. The van der Waals surface area contributed by atoms with E-state index in [0.29, 0.717) is 48.2 Å². The van der Waals surface area contributed by atoms with Crippen molar-refractivity contribution in [2.24, 2.45) is 0 Å². The maximum absolute atomic E-state index is 12.8. The fourth-order valence-electron chi connectivity index (χ4n) is 3.37. The maximum atomic E-state index is 12.8. The van der Waals surface area contributed by atoms with Crippen LogP contribution in [0.4, 0.5) is 18.3 Å². The Labute approximate surface area is 201 Å². The van der Waals surface area contributed by atoms with Gasteiger partial charge < -0.3 is 25.4 Å². The molecule has 2 heterocycles. The van der Waals surface area contributed by atoms with Gasteiger partial charge in [0.1, 0.15) is 5.75 Å². The summed E-state index contributed by atoms with van der Waals surface area (Å²) in [6.45, 7) is 1.93. The van der Waals surface area contributed by atoms with E-state index in [1.54, 1.807) is 41.2 Å². The van der Waals surface area contributed by atoms with Crippen LogP contribution in [0.3, 0.4) is 0 Å². The third-order valence-electron chi connectivity index (χ3n) is 5.09. The van der Waals surface area contributed by atoms with Crippen LogP contribution in [0.5, 0.6) is 5.75 Å². The number of benzene rings is 2. The lowest BCUT2D eigenvalue weighted by Crippen LogP contribution is -2.50. The molecule has 1 fully saturated rings. The fourth-order valence-corrected chi connectivity index (χ4v) is 4.08. The molecule has 1 aliphatic rings. The molecule has 2 aromatic carbocycles. The molecular formula is C22H21F3N4O5S. The summed E-state index contributed by atoms with van der Waals surface area (Å²) in [7, 11) is 1.55. The number of methoxy groups -OCH3 is 1. The van der Waals surface area contributed by atoms with Gasteiger partial charge in [0.25, 0.3) is 11.8 Å². The average Bonchev–Trinajstić information content (AvgIpc) is 3.22. The molecule has 1 aromatic heterocycles. The van der Waals surface area contributed by atoms with Crippen molar-refractivity contribution >= 4 is 44.5 Å². The summed E-state index contributed by atoms with van der Waals surface area (Å²) in [5.74, 6) is -2.34. The van der Waals surface area contributed by atoms with E-state index in [2.05, 4.69) is 4.98 Å². The number of thiazole rings is 1. The number of aliphatic carboxylic acids is 1. The van der Waals surface area contributed by atoms with Gasteiger partial charge in [-0.2, -0.15) is 13.2 Å². The van der Waals surface area contributed by atoms with Gasteiger partial charge in [0.15, 0.2) is 5.13 Å². The van der Waals surface area contributed by atoms with Crippen LogP contribution in [0.15, 0.2) is 42.5 Å². The second-order valence-electron chi connectivity index (χ2n) is 7.32. The molecule has 0 radical (unpaired) electrons. The summed E-state index contributed by atoms with van der Waals surface area (Å²) in [6.07, 6.45) is -5.08. The van der Waals surface area contributed by atoms with Crippen molar-refractivity contribution in [2.45, 2.75) is 6.18 Å².